The number of fused-ring (bicyclic) bond motifs is 1. The molecule has 1 heterocycles. The molecule has 98 valence electrons. The van der Waals surface area contributed by atoms with Crippen molar-refractivity contribution in [3.63, 3.8) is 0 Å². The summed E-state index contributed by atoms with van der Waals surface area (Å²) < 4.78 is 5.75. The van der Waals surface area contributed by atoms with Gasteiger partial charge >= 0.3 is 0 Å². The van der Waals surface area contributed by atoms with Crippen molar-refractivity contribution in [1.29, 1.82) is 0 Å². The molecule has 1 atom stereocenters. The van der Waals surface area contributed by atoms with E-state index in [2.05, 4.69) is 6.07 Å². The molecule has 0 saturated heterocycles. The van der Waals surface area contributed by atoms with Gasteiger partial charge in [0.15, 0.2) is 11.5 Å². The Balaban J connectivity index is 1.73. The summed E-state index contributed by atoms with van der Waals surface area (Å²) >= 11 is 0. The van der Waals surface area contributed by atoms with Crippen LogP contribution in [0.2, 0.25) is 0 Å². The summed E-state index contributed by atoms with van der Waals surface area (Å²) in [5, 5.41) is 18.8. The van der Waals surface area contributed by atoms with E-state index < -0.39 is 0 Å². The zero-order valence-corrected chi connectivity index (χ0v) is 10.5. The quantitative estimate of drug-likeness (QED) is 0.812. The largest absolute Gasteiger partial charge is 0.504 e. The minimum absolute atomic E-state index is 0.0605. The van der Waals surface area contributed by atoms with Gasteiger partial charge in [-0.3, -0.25) is 0 Å². The summed E-state index contributed by atoms with van der Waals surface area (Å²) in [5.41, 5.74) is 2.25. The first-order valence-electron chi connectivity index (χ1n) is 6.44. The van der Waals surface area contributed by atoms with Gasteiger partial charge < -0.3 is 14.9 Å². The number of ether oxygens (including phenoxy) is 1. The van der Waals surface area contributed by atoms with Gasteiger partial charge in [-0.15, -0.1) is 0 Å². The van der Waals surface area contributed by atoms with Crippen molar-refractivity contribution in [1.82, 2.24) is 0 Å². The molecule has 0 aromatic heterocycles. The Kier molecular flexibility index (Phi) is 3.03. The average molecular weight is 256 g/mol. The van der Waals surface area contributed by atoms with E-state index in [-0.39, 0.29) is 11.5 Å². The second-order valence-electron chi connectivity index (χ2n) is 5.02. The molecule has 0 spiro atoms. The molecule has 0 amide bonds. The lowest BCUT2D eigenvalue weighted by molar-refractivity contribution is 0.221. The standard InChI is InChI=1S/C16H16O3/c17-14-6-5-11(9-15(14)18)7-12-8-13-3-1-2-4-16(13)19-10-12/h1-6,9,12,17-18H,7-8,10H2. The van der Waals surface area contributed by atoms with Crippen molar-refractivity contribution >= 4 is 0 Å². The van der Waals surface area contributed by atoms with E-state index in [1.807, 2.05) is 24.3 Å². The average Bonchev–Trinajstić information content (AvgIpc) is 2.43. The van der Waals surface area contributed by atoms with Crippen molar-refractivity contribution in [2.75, 3.05) is 6.61 Å². The van der Waals surface area contributed by atoms with Crippen LogP contribution in [0, 0.1) is 5.92 Å². The van der Waals surface area contributed by atoms with Gasteiger partial charge in [0.25, 0.3) is 0 Å². The maximum absolute atomic E-state index is 9.51. The van der Waals surface area contributed by atoms with Crippen molar-refractivity contribution in [3.05, 3.63) is 53.6 Å². The summed E-state index contributed by atoms with van der Waals surface area (Å²) in [4.78, 5) is 0. The van der Waals surface area contributed by atoms with Crippen LogP contribution in [0.3, 0.4) is 0 Å². The number of rotatable bonds is 2. The van der Waals surface area contributed by atoms with Crippen LogP contribution < -0.4 is 4.74 Å². The fourth-order valence-corrected chi connectivity index (χ4v) is 2.55. The maximum Gasteiger partial charge on any atom is 0.157 e. The van der Waals surface area contributed by atoms with Crippen LogP contribution in [0.5, 0.6) is 17.2 Å². The molecule has 1 unspecified atom stereocenters. The van der Waals surface area contributed by atoms with E-state index >= 15 is 0 Å². The Morgan fingerprint density at radius 3 is 2.74 bits per heavy atom. The van der Waals surface area contributed by atoms with Crippen LogP contribution in [0.4, 0.5) is 0 Å². The maximum atomic E-state index is 9.51. The topological polar surface area (TPSA) is 49.7 Å². The predicted octanol–water partition coefficient (Wildman–Crippen LogP) is 2.89. The third-order valence-corrected chi connectivity index (χ3v) is 3.52. The zero-order valence-electron chi connectivity index (χ0n) is 10.5. The molecule has 0 aliphatic carbocycles. The van der Waals surface area contributed by atoms with Crippen LogP contribution in [-0.2, 0) is 12.8 Å². The van der Waals surface area contributed by atoms with Crippen molar-refractivity contribution < 1.29 is 14.9 Å². The van der Waals surface area contributed by atoms with Gasteiger partial charge in [0.05, 0.1) is 6.61 Å². The van der Waals surface area contributed by atoms with E-state index in [9.17, 15) is 10.2 Å². The summed E-state index contributed by atoms with van der Waals surface area (Å²) in [6.07, 6.45) is 1.82. The van der Waals surface area contributed by atoms with E-state index in [1.165, 1.54) is 11.6 Å². The Morgan fingerprint density at radius 1 is 1.05 bits per heavy atom. The molecular formula is C16H16O3. The molecule has 0 saturated carbocycles. The molecule has 0 fully saturated rings. The highest BCUT2D eigenvalue weighted by Crippen LogP contribution is 2.30. The molecule has 2 aromatic carbocycles. The molecule has 3 rings (SSSR count). The lowest BCUT2D eigenvalue weighted by atomic mass is 9.91. The first-order chi connectivity index (χ1) is 9.22. The molecule has 19 heavy (non-hydrogen) atoms. The Morgan fingerprint density at radius 2 is 1.89 bits per heavy atom. The van der Waals surface area contributed by atoms with E-state index in [1.54, 1.807) is 6.07 Å². The lowest BCUT2D eigenvalue weighted by Crippen LogP contribution is -2.22. The number of phenolic OH excluding ortho intramolecular Hbond substituents is 2. The Bertz CT molecular complexity index is 592. The molecule has 2 N–H and O–H groups in total. The molecule has 1 aliphatic rings. The number of hydrogen-bond donors (Lipinski definition) is 2. The minimum Gasteiger partial charge on any atom is -0.504 e. The van der Waals surface area contributed by atoms with Gasteiger partial charge in [-0.1, -0.05) is 24.3 Å². The summed E-state index contributed by atoms with van der Waals surface area (Å²) in [6, 6.07) is 13.1. The number of para-hydroxylation sites is 1. The highest BCUT2D eigenvalue weighted by atomic mass is 16.5. The molecular weight excluding hydrogens is 240 g/mol. The smallest absolute Gasteiger partial charge is 0.157 e. The number of aromatic hydroxyl groups is 2. The third kappa shape index (κ3) is 2.50. The molecule has 0 bridgehead atoms. The van der Waals surface area contributed by atoms with E-state index in [0.717, 1.165) is 24.2 Å². The van der Waals surface area contributed by atoms with Crippen LogP contribution in [0.1, 0.15) is 11.1 Å². The normalized spacial score (nSPS) is 17.6. The van der Waals surface area contributed by atoms with Crippen LogP contribution in [-0.4, -0.2) is 16.8 Å². The molecule has 0 radical (unpaired) electrons. The molecule has 2 aromatic rings. The van der Waals surface area contributed by atoms with Gasteiger partial charge in [0.1, 0.15) is 5.75 Å². The van der Waals surface area contributed by atoms with E-state index in [0.29, 0.717) is 12.5 Å². The molecule has 3 heteroatoms. The number of benzene rings is 2. The van der Waals surface area contributed by atoms with Crippen LogP contribution in [0.15, 0.2) is 42.5 Å². The minimum atomic E-state index is -0.0750. The fraction of sp³-hybridized carbons (Fsp3) is 0.250. The van der Waals surface area contributed by atoms with Crippen LogP contribution in [0.25, 0.3) is 0 Å². The monoisotopic (exact) mass is 256 g/mol. The Labute approximate surface area is 112 Å². The zero-order chi connectivity index (χ0) is 13.2. The molecule has 3 nitrogen and oxygen atoms in total. The second kappa shape index (κ2) is 4.84. The Hall–Kier alpha value is -2.16. The first-order valence-corrected chi connectivity index (χ1v) is 6.44. The van der Waals surface area contributed by atoms with Crippen LogP contribution >= 0.6 is 0 Å². The number of hydrogen-bond acceptors (Lipinski definition) is 3. The third-order valence-electron chi connectivity index (χ3n) is 3.52. The highest BCUT2D eigenvalue weighted by Gasteiger charge is 2.20. The number of phenols is 2. The fourth-order valence-electron chi connectivity index (χ4n) is 2.55. The molecule has 1 aliphatic heterocycles. The predicted molar refractivity (Wildman–Crippen MR) is 72.6 cm³/mol. The second-order valence-corrected chi connectivity index (χ2v) is 5.02. The summed E-state index contributed by atoms with van der Waals surface area (Å²) in [7, 11) is 0. The van der Waals surface area contributed by atoms with Crippen molar-refractivity contribution in [3.8, 4) is 17.2 Å². The van der Waals surface area contributed by atoms with Crippen molar-refractivity contribution in [2.24, 2.45) is 5.92 Å². The first kappa shape index (κ1) is 11.9. The summed E-state index contributed by atoms with van der Waals surface area (Å²) in [5.74, 6) is 1.25. The van der Waals surface area contributed by atoms with Gasteiger partial charge in [-0.2, -0.15) is 0 Å². The summed E-state index contributed by atoms with van der Waals surface area (Å²) in [6.45, 7) is 0.693. The van der Waals surface area contributed by atoms with Gasteiger partial charge in [-0.25, -0.2) is 0 Å². The van der Waals surface area contributed by atoms with Gasteiger partial charge in [-0.05, 0) is 42.2 Å². The van der Waals surface area contributed by atoms with Crippen molar-refractivity contribution in [2.45, 2.75) is 12.8 Å². The van der Waals surface area contributed by atoms with Gasteiger partial charge in [0, 0.05) is 5.92 Å². The lowest BCUT2D eigenvalue weighted by Gasteiger charge is -2.25. The SMILES string of the molecule is Oc1ccc(CC2COc3ccccc3C2)cc1O. The van der Waals surface area contributed by atoms with Gasteiger partial charge in [0.2, 0.25) is 0 Å². The van der Waals surface area contributed by atoms with E-state index in [4.69, 9.17) is 4.74 Å². The highest BCUT2D eigenvalue weighted by molar-refractivity contribution is 5.41.